The number of hydrogen-bond donors (Lipinski definition) is 2. The summed E-state index contributed by atoms with van der Waals surface area (Å²) in [5, 5.41) is 5.71. The monoisotopic (exact) mass is 254 g/mol. The van der Waals surface area contributed by atoms with Crippen LogP contribution in [0.1, 0.15) is 58.8 Å². The number of likely N-dealkylation sites (N-methyl/N-ethyl adjacent to an activating group) is 1. The molecule has 0 saturated heterocycles. The highest BCUT2D eigenvalue weighted by Gasteiger charge is 2.25. The van der Waals surface area contributed by atoms with Gasteiger partial charge in [0, 0.05) is 12.5 Å². The Bertz CT molecular complexity index is 273. The Morgan fingerprint density at radius 1 is 1.17 bits per heavy atom. The third-order valence-electron chi connectivity index (χ3n) is 3.54. The van der Waals surface area contributed by atoms with Gasteiger partial charge < -0.3 is 10.6 Å². The Morgan fingerprint density at radius 2 is 1.83 bits per heavy atom. The topological polar surface area (TPSA) is 58.2 Å². The molecule has 1 aliphatic rings. The van der Waals surface area contributed by atoms with Gasteiger partial charge in [0.25, 0.3) is 0 Å². The predicted octanol–water partition coefficient (Wildman–Crippen LogP) is 1.99. The minimum Gasteiger partial charge on any atom is -0.355 e. The van der Waals surface area contributed by atoms with Crippen LogP contribution >= 0.6 is 0 Å². The molecule has 0 radical (unpaired) electrons. The zero-order valence-corrected chi connectivity index (χ0v) is 11.6. The summed E-state index contributed by atoms with van der Waals surface area (Å²) in [5.41, 5.74) is 0. The number of hydrogen-bond acceptors (Lipinski definition) is 2. The van der Waals surface area contributed by atoms with E-state index in [1.165, 1.54) is 6.42 Å². The molecule has 0 aliphatic heterocycles. The van der Waals surface area contributed by atoms with Crippen LogP contribution in [0, 0.1) is 5.92 Å². The van der Waals surface area contributed by atoms with Gasteiger partial charge in [-0.3, -0.25) is 9.59 Å². The van der Waals surface area contributed by atoms with Gasteiger partial charge in [0.15, 0.2) is 0 Å². The van der Waals surface area contributed by atoms with Crippen LogP contribution in [-0.4, -0.2) is 24.4 Å². The second-order valence-corrected chi connectivity index (χ2v) is 5.08. The van der Waals surface area contributed by atoms with Crippen molar-refractivity contribution in [1.82, 2.24) is 10.6 Å². The van der Waals surface area contributed by atoms with Gasteiger partial charge >= 0.3 is 0 Å². The smallest absolute Gasteiger partial charge is 0.242 e. The lowest BCUT2D eigenvalue weighted by Crippen LogP contribution is -2.48. The van der Waals surface area contributed by atoms with Gasteiger partial charge in [0.2, 0.25) is 11.8 Å². The number of rotatable bonds is 6. The lowest BCUT2D eigenvalue weighted by molar-refractivity contribution is -0.131. The zero-order chi connectivity index (χ0) is 13.4. The molecule has 2 N–H and O–H groups in total. The molecular weight excluding hydrogens is 228 g/mol. The molecule has 0 spiro atoms. The molecule has 1 saturated carbocycles. The van der Waals surface area contributed by atoms with Gasteiger partial charge in [-0.15, -0.1) is 0 Å². The van der Waals surface area contributed by atoms with Crippen molar-refractivity contribution in [1.29, 1.82) is 0 Å². The molecule has 0 bridgehead atoms. The van der Waals surface area contributed by atoms with Crippen LogP contribution in [0.15, 0.2) is 0 Å². The predicted molar refractivity (Wildman–Crippen MR) is 72.1 cm³/mol. The molecule has 2 amide bonds. The Morgan fingerprint density at radius 3 is 2.39 bits per heavy atom. The summed E-state index contributed by atoms with van der Waals surface area (Å²) < 4.78 is 0. The van der Waals surface area contributed by atoms with E-state index in [4.69, 9.17) is 0 Å². The van der Waals surface area contributed by atoms with Crippen molar-refractivity contribution in [3.05, 3.63) is 0 Å². The minimum atomic E-state index is -0.357. The van der Waals surface area contributed by atoms with Crippen molar-refractivity contribution in [2.24, 2.45) is 5.92 Å². The van der Waals surface area contributed by atoms with Gasteiger partial charge in [-0.05, 0) is 26.2 Å². The van der Waals surface area contributed by atoms with Crippen molar-refractivity contribution in [2.75, 3.05) is 6.54 Å². The van der Waals surface area contributed by atoms with E-state index in [0.29, 0.717) is 13.0 Å². The zero-order valence-electron chi connectivity index (χ0n) is 11.6. The second kappa shape index (κ2) is 8.11. The third-order valence-corrected chi connectivity index (χ3v) is 3.54. The molecule has 0 heterocycles. The summed E-state index contributed by atoms with van der Waals surface area (Å²) in [5.74, 6) is 0.135. The highest BCUT2D eigenvalue weighted by atomic mass is 16.2. The molecule has 104 valence electrons. The molecule has 4 nitrogen and oxygen atoms in total. The van der Waals surface area contributed by atoms with E-state index in [0.717, 1.165) is 32.1 Å². The van der Waals surface area contributed by atoms with Crippen molar-refractivity contribution in [2.45, 2.75) is 64.8 Å². The lowest BCUT2D eigenvalue weighted by Gasteiger charge is -2.24. The molecule has 1 atom stereocenters. The van der Waals surface area contributed by atoms with E-state index < -0.39 is 0 Å². The van der Waals surface area contributed by atoms with Gasteiger partial charge in [-0.25, -0.2) is 0 Å². The molecule has 0 unspecified atom stereocenters. The Balaban J connectivity index is 2.48. The van der Waals surface area contributed by atoms with Gasteiger partial charge in [-0.1, -0.05) is 32.6 Å². The van der Waals surface area contributed by atoms with Crippen molar-refractivity contribution >= 4 is 11.8 Å². The number of nitrogens with one attached hydrogen (secondary N) is 2. The van der Waals surface area contributed by atoms with E-state index in [9.17, 15) is 9.59 Å². The number of carbonyl (C=O) groups excluding carboxylic acids is 2. The average Bonchev–Trinajstić information content (AvgIpc) is 2.39. The summed E-state index contributed by atoms with van der Waals surface area (Å²) in [7, 11) is 0. The van der Waals surface area contributed by atoms with Crippen LogP contribution < -0.4 is 10.6 Å². The van der Waals surface area contributed by atoms with Crippen LogP contribution in [0.25, 0.3) is 0 Å². The molecule has 4 heteroatoms. The summed E-state index contributed by atoms with van der Waals surface area (Å²) in [4.78, 5) is 23.9. The van der Waals surface area contributed by atoms with Crippen molar-refractivity contribution in [3.63, 3.8) is 0 Å². The van der Waals surface area contributed by atoms with Crippen LogP contribution in [0.5, 0.6) is 0 Å². The molecule has 0 aromatic carbocycles. The third kappa shape index (κ3) is 4.67. The number of carbonyl (C=O) groups is 2. The largest absolute Gasteiger partial charge is 0.355 e. The van der Waals surface area contributed by atoms with Crippen molar-refractivity contribution < 1.29 is 9.59 Å². The van der Waals surface area contributed by atoms with E-state index in [2.05, 4.69) is 10.6 Å². The summed E-state index contributed by atoms with van der Waals surface area (Å²) in [6, 6.07) is -0.357. The fourth-order valence-corrected chi connectivity index (χ4v) is 2.51. The highest BCUT2D eigenvalue weighted by Crippen LogP contribution is 2.23. The average molecular weight is 254 g/mol. The van der Waals surface area contributed by atoms with Gasteiger partial charge in [0.05, 0.1) is 0 Å². The molecule has 1 rings (SSSR count). The first-order valence-corrected chi connectivity index (χ1v) is 7.27. The first kappa shape index (κ1) is 15.0. The maximum Gasteiger partial charge on any atom is 0.242 e. The van der Waals surface area contributed by atoms with Gasteiger partial charge in [-0.2, -0.15) is 0 Å². The van der Waals surface area contributed by atoms with Crippen LogP contribution in [0.3, 0.4) is 0 Å². The Kier molecular flexibility index (Phi) is 6.76. The quantitative estimate of drug-likeness (QED) is 0.761. The fourth-order valence-electron chi connectivity index (χ4n) is 2.51. The first-order chi connectivity index (χ1) is 8.69. The van der Waals surface area contributed by atoms with E-state index >= 15 is 0 Å². The SMILES string of the molecule is CCC[C@H](NC(=O)C1CCCCC1)C(=O)NCC. The molecule has 0 aromatic rings. The van der Waals surface area contributed by atoms with Crippen LogP contribution in [0.4, 0.5) is 0 Å². The maximum absolute atomic E-state index is 12.1. The van der Waals surface area contributed by atoms with Gasteiger partial charge in [0.1, 0.15) is 6.04 Å². The first-order valence-electron chi connectivity index (χ1n) is 7.27. The summed E-state index contributed by atoms with van der Waals surface area (Å²) >= 11 is 0. The Hall–Kier alpha value is -1.06. The number of amides is 2. The van der Waals surface area contributed by atoms with Crippen molar-refractivity contribution in [3.8, 4) is 0 Å². The molecule has 0 aromatic heterocycles. The van der Waals surface area contributed by atoms with Crippen LogP contribution in [-0.2, 0) is 9.59 Å². The Labute approximate surface area is 110 Å². The summed E-state index contributed by atoms with van der Waals surface area (Å²) in [6.45, 7) is 4.53. The standard InChI is InChI=1S/C14H26N2O2/c1-3-8-12(14(18)15-4-2)16-13(17)11-9-6-5-7-10-11/h11-12H,3-10H2,1-2H3,(H,15,18)(H,16,17)/t12-/m0/s1. The summed E-state index contributed by atoms with van der Waals surface area (Å²) in [6.07, 6.45) is 7.06. The highest BCUT2D eigenvalue weighted by molar-refractivity contribution is 5.88. The molecule has 1 aliphatic carbocycles. The molecular formula is C14H26N2O2. The molecule has 1 fully saturated rings. The second-order valence-electron chi connectivity index (χ2n) is 5.08. The van der Waals surface area contributed by atoms with Crippen LogP contribution in [0.2, 0.25) is 0 Å². The van der Waals surface area contributed by atoms with E-state index in [1.807, 2.05) is 13.8 Å². The maximum atomic E-state index is 12.1. The lowest BCUT2D eigenvalue weighted by atomic mass is 9.88. The van der Waals surface area contributed by atoms with E-state index in [1.54, 1.807) is 0 Å². The molecule has 18 heavy (non-hydrogen) atoms. The van der Waals surface area contributed by atoms with E-state index in [-0.39, 0.29) is 23.8 Å². The minimum absolute atomic E-state index is 0.0523. The fraction of sp³-hybridized carbons (Fsp3) is 0.857. The normalized spacial score (nSPS) is 18.1.